The largest absolute Gasteiger partial charge is 0.453 e. The molecule has 62 valence electrons. The number of hydrogen-bond acceptors (Lipinski definition) is 3. The summed E-state index contributed by atoms with van der Waals surface area (Å²) in [5.41, 5.74) is 1.59. The van der Waals surface area contributed by atoms with E-state index in [4.69, 9.17) is 9.15 Å². The van der Waals surface area contributed by atoms with Crippen molar-refractivity contribution in [2.75, 3.05) is 7.11 Å². The molecule has 0 aliphatic heterocycles. The normalized spacial score (nSPS) is 10.5. The Hall–Kier alpha value is -0.780. The number of benzene rings is 1. The Balaban J connectivity index is 2.67. The van der Waals surface area contributed by atoms with Crippen LogP contribution >= 0.6 is 22.6 Å². The molecule has 2 rings (SSSR count). The number of nitrogens with zero attached hydrogens (tertiary/aromatic N) is 1. The van der Waals surface area contributed by atoms with Crippen LogP contribution in [-0.2, 0) is 0 Å². The smallest absolute Gasteiger partial charge is 0.394 e. The fraction of sp³-hybridized carbons (Fsp3) is 0.125. The number of hydrogen-bond donors (Lipinski definition) is 0. The van der Waals surface area contributed by atoms with Crippen LogP contribution in [0.5, 0.6) is 6.08 Å². The van der Waals surface area contributed by atoms with Gasteiger partial charge in [-0.05, 0) is 40.8 Å². The topological polar surface area (TPSA) is 35.3 Å². The van der Waals surface area contributed by atoms with E-state index in [0.29, 0.717) is 6.08 Å². The van der Waals surface area contributed by atoms with Crippen molar-refractivity contribution in [3.63, 3.8) is 0 Å². The summed E-state index contributed by atoms with van der Waals surface area (Å²) in [6, 6.07) is 5.80. The van der Waals surface area contributed by atoms with Crippen molar-refractivity contribution in [1.29, 1.82) is 0 Å². The van der Waals surface area contributed by atoms with Gasteiger partial charge in [-0.25, -0.2) is 0 Å². The maximum atomic E-state index is 5.26. The molecule has 0 amide bonds. The number of rotatable bonds is 1. The van der Waals surface area contributed by atoms with Gasteiger partial charge in [-0.15, -0.1) is 0 Å². The number of halogens is 1. The molecule has 1 aromatic carbocycles. The first-order valence-electron chi connectivity index (χ1n) is 3.39. The van der Waals surface area contributed by atoms with E-state index in [1.165, 1.54) is 7.11 Å². The van der Waals surface area contributed by atoms with Crippen LogP contribution in [0.4, 0.5) is 0 Å². The van der Waals surface area contributed by atoms with Gasteiger partial charge in [0.2, 0.25) is 0 Å². The molecule has 0 N–H and O–H groups in total. The second-order valence-electron chi connectivity index (χ2n) is 2.30. The molecule has 0 aliphatic rings. The molecule has 0 spiro atoms. The molecule has 0 saturated carbocycles. The third kappa shape index (κ3) is 1.26. The van der Waals surface area contributed by atoms with Crippen molar-refractivity contribution in [2.45, 2.75) is 0 Å². The van der Waals surface area contributed by atoms with Gasteiger partial charge in [0, 0.05) is 3.57 Å². The van der Waals surface area contributed by atoms with E-state index in [2.05, 4.69) is 27.6 Å². The minimum absolute atomic E-state index is 0.312. The number of ether oxygens (including phenoxy) is 1. The third-order valence-corrected chi connectivity index (χ3v) is 2.18. The van der Waals surface area contributed by atoms with Gasteiger partial charge >= 0.3 is 6.08 Å². The van der Waals surface area contributed by atoms with Crippen LogP contribution < -0.4 is 4.74 Å². The zero-order valence-electron chi connectivity index (χ0n) is 6.37. The van der Waals surface area contributed by atoms with Gasteiger partial charge in [0.25, 0.3) is 0 Å². The highest BCUT2D eigenvalue weighted by molar-refractivity contribution is 14.1. The molecular weight excluding hydrogens is 269 g/mol. The first-order valence-corrected chi connectivity index (χ1v) is 4.47. The number of aromatic nitrogens is 1. The molecule has 3 nitrogen and oxygen atoms in total. The summed E-state index contributed by atoms with van der Waals surface area (Å²) in [5.74, 6) is 0. The second kappa shape index (κ2) is 2.93. The highest BCUT2D eigenvalue weighted by Crippen LogP contribution is 2.21. The van der Waals surface area contributed by atoms with E-state index < -0.39 is 0 Å². The lowest BCUT2D eigenvalue weighted by molar-refractivity contribution is 0.299. The van der Waals surface area contributed by atoms with Crippen molar-refractivity contribution < 1.29 is 9.15 Å². The van der Waals surface area contributed by atoms with Gasteiger partial charge in [-0.3, -0.25) is 0 Å². The maximum Gasteiger partial charge on any atom is 0.394 e. The average Bonchev–Trinajstić information content (AvgIpc) is 2.46. The Labute approximate surface area is 82.9 Å². The molecule has 0 radical (unpaired) electrons. The molecule has 12 heavy (non-hydrogen) atoms. The van der Waals surface area contributed by atoms with Crippen molar-refractivity contribution in [3.05, 3.63) is 21.8 Å². The Kier molecular flexibility index (Phi) is 1.92. The van der Waals surface area contributed by atoms with Gasteiger partial charge in [0.05, 0.1) is 7.11 Å². The van der Waals surface area contributed by atoms with Crippen molar-refractivity contribution in [2.24, 2.45) is 0 Å². The molecule has 2 aromatic rings. The minimum atomic E-state index is 0.312. The van der Waals surface area contributed by atoms with Crippen LogP contribution in [0, 0.1) is 3.57 Å². The van der Waals surface area contributed by atoms with Gasteiger partial charge in [0.1, 0.15) is 5.52 Å². The molecule has 1 heterocycles. The number of methoxy groups -OCH3 is 1. The summed E-state index contributed by atoms with van der Waals surface area (Å²) in [6.07, 6.45) is 0.312. The monoisotopic (exact) mass is 275 g/mol. The van der Waals surface area contributed by atoms with Crippen LogP contribution in [0.2, 0.25) is 0 Å². The predicted octanol–water partition coefficient (Wildman–Crippen LogP) is 2.44. The highest BCUT2D eigenvalue weighted by atomic mass is 127. The lowest BCUT2D eigenvalue weighted by Gasteiger charge is -1.86. The van der Waals surface area contributed by atoms with E-state index >= 15 is 0 Å². The van der Waals surface area contributed by atoms with Gasteiger partial charge in [-0.1, -0.05) is 0 Å². The summed E-state index contributed by atoms with van der Waals surface area (Å²) >= 11 is 2.22. The van der Waals surface area contributed by atoms with Gasteiger partial charge < -0.3 is 9.15 Å². The number of oxazole rings is 1. The van der Waals surface area contributed by atoms with Crippen LogP contribution in [0.3, 0.4) is 0 Å². The maximum absolute atomic E-state index is 5.26. The first-order chi connectivity index (χ1) is 5.79. The average molecular weight is 275 g/mol. The standard InChI is InChI=1S/C8H6INO2/c1-11-8-10-6-3-2-5(9)4-7(6)12-8/h2-4H,1H3. The number of fused-ring (bicyclic) bond motifs is 1. The zero-order valence-corrected chi connectivity index (χ0v) is 8.53. The first kappa shape index (κ1) is 7.85. The Morgan fingerprint density at radius 3 is 3.08 bits per heavy atom. The van der Waals surface area contributed by atoms with Crippen molar-refractivity contribution in [3.8, 4) is 6.08 Å². The summed E-state index contributed by atoms with van der Waals surface area (Å²) in [5, 5.41) is 0. The molecule has 1 aromatic heterocycles. The Morgan fingerprint density at radius 1 is 1.50 bits per heavy atom. The highest BCUT2D eigenvalue weighted by Gasteiger charge is 2.04. The molecule has 0 saturated heterocycles. The van der Waals surface area contributed by atoms with Gasteiger partial charge in [0.15, 0.2) is 5.58 Å². The SMILES string of the molecule is COc1nc2ccc(I)cc2o1. The molecule has 0 atom stereocenters. The van der Waals surface area contributed by atoms with E-state index in [1.54, 1.807) is 0 Å². The molecule has 0 bridgehead atoms. The molecule has 4 heteroatoms. The van der Waals surface area contributed by atoms with Crippen LogP contribution in [0.15, 0.2) is 22.6 Å². The lowest BCUT2D eigenvalue weighted by atomic mass is 10.3. The van der Waals surface area contributed by atoms with Crippen molar-refractivity contribution in [1.82, 2.24) is 4.98 Å². The van der Waals surface area contributed by atoms with E-state index in [1.807, 2.05) is 18.2 Å². The molecule has 0 fully saturated rings. The van der Waals surface area contributed by atoms with Gasteiger partial charge in [-0.2, -0.15) is 4.98 Å². The Bertz CT molecular complexity index is 410. The zero-order chi connectivity index (χ0) is 8.55. The van der Waals surface area contributed by atoms with Crippen LogP contribution in [0.25, 0.3) is 11.1 Å². The lowest BCUT2D eigenvalue weighted by Crippen LogP contribution is -1.79. The fourth-order valence-electron chi connectivity index (χ4n) is 0.965. The van der Waals surface area contributed by atoms with E-state index in [9.17, 15) is 0 Å². The summed E-state index contributed by atoms with van der Waals surface area (Å²) < 4.78 is 11.2. The van der Waals surface area contributed by atoms with Crippen LogP contribution in [0.1, 0.15) is 0 Å². The van der Waals surface area contributed by atoms with E-state index in [0.717, 1.165) is 14.7 Å². The molecule has 0 aliphatic carbocycles. The molecular formula is C8H6INO2. The summed E-state index contributed by atoms with van der Waals surface area (Å²) in [6.45, 7) is 0. The quantitative estimate of drug-likeness (QED) is 0.750. The third-order valence-electron chi connectivity index (χ3n) is 1.51. The minimum Gasteiger partial charge on any atom is -0.453 e. The van der Waals surface area contributed by atoms with E-state index in [-0.39, 0.29) is 0 Å². The predicted molar refractivity (Wildman–Crippen MR) is 53.3 cm³/mol. The summed E-state index contributed by atoms with van der Waals surface area (Å²) in [4.78, 5) is 4.08. The van der Waals surface area contributed by atoms with Crippen LogP contribution in [-0.4, -0.2) is 12.1 Å². The Morgan fingerprint density at radius 2 is 2.33 bits per heavy atom. The molecule has 0 unspecified atom stereocenters. The second-order valence-corrected chi connectivity index (χ2v) is 3.54. The fourth-order valence-corrected chi connectivity index (χ4v) is 1.43. The summed E-state index contributed by atoms with van der Waals surface area (Å²) in [7, 11) is 1.54. The van der Waals surface area contributed by atoms with Crippen molar-refractivity contribution >= 4 is 33.7 Å².